The van der Waals surface area contributed by atoms with Crippen LogP contribution in [0, 0.1) is 0 Å². The summed E-state index contributed by atoms with van der Waals surface area (Å²) in [6.45, 7) is 2.13. The van der Waals surface area contributed by atoms with Crippen molar-refractivity contribution in [3.8, 4) is 0 Å². The minimum absolute atomic E-state index is 0.258. The minimum Gasteiger partial charge on any atom is -0.337 e. The molecule has 5 rings (SSSR count). The van der Waals surface area contributed by atoms with Crippen molar-refractivity contribution in [3.63, 3.8) is 0 Å². The summed E-state index contributed by atoms with van der Waals surface area (Å²) < 4.78 is 5.72. The van der Waals surface area contributed by atoms with Crippen LogP contribution in [-0.4, -0.2) is 40.0 Å². The van der Waals surface area contributed by atoms with Crippen molar-refractivity contribution in [3.05, 3.63) is 77.3 Å². The fourth-order valence-electron chi connectivity index (χ4n) is 3.44. The zero-order valence-electron chi connectivity index (χ0n) is 16.6. The molecule has 0 aliphatic rings. The van der Waals surface area contributed by atoms with Crippen molar-refractivity contribution >= 4 is 34.2 Å². The van der Waals surface area contributed by atoms with E-state index in [1.807, 2.05) is 57.1 Å². The fraction of sp³-hybridized carbons (Fsp3) is 0.190. The van der Waals surface area contributed by atoms with Crippen LogP contribution in [0.25, 0.3) is 11.0 Å². The summed E-state index contributed by atoms with van der Waals surface area (Å²) in [6.07, 6.45) is 8.03. The Balaban J connectivity index is 1.33. The van der Waals surface area contributed by atoms with Crippen molar-refractivity contribution in [1.29, 1.82) is 0 Å². The number of aryl methyl sites for hydroxylation is 2. The van der Waals surface area contributed by atoms with Gasteiger partial charge in [-0.15, -0.1) is 16.4 Å². The summed E-state index contributed by atoms with van der Waals surface area (Å²) in [5.41, 5.74) is 2.07. The van der Waals surface area contributed by atoms with Gasteiger partial charge in [-0.3, -0.25) is 10.1 Å². The van der Waals surface area contributed by atoms with Crippen LogP contribution in [0.3, 0.4) is 0 Å². The van der Waals surface area contributed by atoms with E-state index in [0.717, 1.165) is 28.9 Å². The van der Waals surface area contributed by atoms with Gasteiger partial charge in [0.25, 0.3) is 5.91 Å². The Morgan fingerprint density at radius 2 is 2.06 bits per heavy atom. The quantitative estimate of drug-likeness (QED) is 0.406. The maximum absolute atomic E-state index is 12.8. The molecule has 4 aromatic heterocycles. The molecule has 1 amide bonds. The first-order valence-electron chi connectivity index (χ1n) is 9.91. The standard InChI is InChI=1S/C21H20N8OS/c30-20(18-14-28(26-25-18)13-16-5-3-12-31-16)24-21-23-17-6-1-2-7-19(17)29(21)10-4-9-27-11-8-22-15-27/h1-3,5-8,11-12,14-15H,4,9-10,13H2,(H,23,24,30). The Morgan fingerprint density at radius 1 is 1.13 bits per heavy atom. The molecule has 9 nitrogen and oxygen atoms in total. The molecule has 31 heavy (non-hydrogen) atoms. The number of hydrogen-bond donors (Lipinski definition) is 1. The first-order chi connectivity index (χ1) is 15.3. The van der Waals surface area contributed by atoms with Gasteiger partial charge in [0.2, 0.25) is 5.95 Å². The average Bonchev–Trinajstić information content (AvgIpc) is 3.57. The second-order valence-corrected chi connectivity index (χ2v) is 8.10. The SMILES string of the molecule is O=C(Nc1nc2ccccc2n1CCCn1ccnc1)c1cn(Cc2cccs2)nn1. The number of para-hydroxylation sites is 2. The number of anilines is 1. The summed E-state index contributed by atoms with van der Waals surface area (Å²) in [5.74, 6) is 0.174. The van der Waals surface area contributed by atoms with Crippen molar-refractivity contribution in [2.75, 3.05) is 5.32 Å². The number of carbonyl (C=O) groups excluding carboxylic acids is 1. The Bertz CT molecular complexity index is 1290. The molecule has 0 fully saturated rings. The highest BCUT2D eigenvalue weighted by atomic mass is 32.1. The van der Waals surface area contributed by atoms with Crippen molar-refractivity contribution in [2.45, 2.75) is 26.1 Å². The lowest BCUT2D eigenvalue weighted by Crippen LogP contribution is -2.17. The maximum atomic E-state index is 12.8. The minimum atomic E-state index is -0.330. The molecule has 156 valence electrons. The van der Waals surface area contributed by atoms with Gasteiger partial charge in [0.1, 0.15) is 0 Å². The number of hydrogen-bond acceptors (Lipinski definition) is 6. The second-order valence-electron chi connectivity index (χ2n) is 7.06. The largest absolute Gasteiger partial charge is 0.337 e. The number of fused-ring (bicyclic) bond motifs is 1. The van der Waals surface area contributed by atoms with Crippen molar-refractivity contribution in [2.24, 2.45) is 0 Å². The maximum Gasteiger partial charge on any atom is 0.280 e. The van der Waals surface area contributed by atoms with Gasteiger partial charge in [-0.05, 0) is 30.0 Å². The highest BCUT2D eigenvalue weighted by Crippen LogP contribution is 2.21. The number of carbonyl (C=O) groups is 1. The number of thiophene rings is 1. The van der Waals surface area contributed by atoms with Gasteiger partial charge in [0.15, 0.2) is 5.69 Å². The van der Waals surface area contributed by atoms with Crippen LogP contribution < -0.4 is 5.32 Å². The van der Waals surface area contributed by atoms with E-state index < -0.39 is 0 Å². The van der Waals surface area contributed by atoms with E-state index in [2.05, 4.69) is 25.6 Å². The Labute approximate surface area is 182 Å². The van der Waals surface area contributed by atoms with Gasteiger partial charge in [-0.2, -0.15) is 0 Å². The predicted molar refractivity (Wildman–Crippen MR) is 118 cm³/mol. The predicted octanol–water partition coefficient (Wildman–Crippen LogP) is 3.28. The number of rotatable bonds is 8. The second kappa shape index (κ2) is 8.52. The van der Waals surface area contributed by atoms with E-state index >= 15 is 0 Å². The van der Waals surface area contributed by atoms with Gasteiger partial charge >= 0.3 is 0 Å². The highest BCUT2D eigenvalue weighted by Gasteiger charge is 2.17. The highest BCUT2D eigenvalue weighted by molar-refractivity contribution is 7.09. The fourth-order valence-corrected chi connectivity index (χ4v) is 4.13. The van der Waals surface area contributed by atoms with Crippen LogP contribution in [0.4, 0.5) is 5.95 Å². The normalized spacial score (nSPS) is 11.2. The molecule has 0 saturated heterocycles. The lowest BCUT2D eigenvalue weighted by atomic mass is 10.3. The third-order valence-electron chi connectivity index (χ3n) is 4.91. The molecular formula is C21H20N8OS. The molecule has 0 unspecified atom stereocenters. The van der Waals surface area contributed by atoms with E-state index in [4.69, 9.17) is 0 Å². The molecule has 4 heterocycles. The summed E-state index contributed by atoms with van der Waals surface area (Å²) >= 11 is 1.64. The molecule has 10 heteroatoms. The van der Waals surface area contributed by atoms with Crippen LogP contribution in [0.2, 0.25) is 0 Å². The molecule has 0 radical (unpaired) electrons. The summed E-state index contributed by atoms with van der Waals surface area (Å²) in [6, 6.07) is 11.9. The lowest BCUT2D eigenvalue weighted by molar-refractivity contribution is 0.102. The first kappa shape index (κ1) is 19.2. The van der Waals surface area contributed by atoms with E-state index in [-0.39, 0.29) is 11.6 Å². The number of aromatic nitrogens is 7. The van der Waals surface area contributed by atoms with E-state index in [9.17, 15) is 4.79 Å². The number of nitrogens with one attached hydrogen (secondary N) is 1. The Morgan fingerprint density at radius 3 is 2.90 bits per heavy atom. The molecule has 0 spiro atoms. The van der Waals surface area contributed by atoms with Crippen LogP contribution in [0.5, 0.6) is 0 Å². The monoisotopic (exact) mass is 432 g/mol. The van der Waals surface area contributed by atoms with Crippen LogP contribution in [-0.2, 0) is 19.6 Å². The van der Waals surface area contributed by atoms with Gasteiger partial charge < -0.3 is 9.13 Å². The zero-order valence-corrected chi connectivity index (χ0v) is 17.4. The smallest absolute Gasteiger partial charge is 0.280 e. The molecular weight excluding hydrogens is 412 g/mol. The summed E-state index contributed by atoms with van der Waals surface area (Å²) in [7, 11) is 0. The lowest BCUT2D eigenvalue weighted by Gasteiger charge is -2.10. The number of benzene rings is 1. The Hall–Kier alpha value is -3.79. The molecule has 5 aromatic rings. The summed E-state index contributed by atoms with van der Waals surface area (Å²) in [5, 5.41) is 13.0. The third-order valence-corrected chi connectivity index (χ3v) is 5.77. The molecule has 0 atom stereocenters. The number of amides is 1. The number of imidazole rings is 2. The summed E-state index contributed by atoms with van der Waals surface area (Å²) in [4.78, 5) is 22.7. The van der Waals surface area contributed by atoms with E-state index in [1.54, 1.807) is 34.7 Å². The zero-order chi connectivity index (χ0) is 21.0. The van der Waals surface area contributed by atoms with Gasteiger partial charge in [0, 0.05) is 30.4 Å². The van der Waals surface area contributed by atoms with Gasteiger partial charge in [-0.1, -0.05) is 23.4 Å². The average molecular weight is 433 g/mol. The van der Waals surface area contributed by atoms with Crippen LogP contribution in [0.15, 0.2) is 66.7 Å². The van der Waals surface area contributed by atoms with Crippen molar-refractivity contribution in [1.82, 2.24) is 34.1 Å². The first-order valence-corrected chi connectivity index (χ1v) is 10.8. The van der Waals surface area contributed by atoms with Crippen LogP contribution >= 0.6 is 11.3 Å². The molecule has 1 aromatic carbocycles. The topological polar surface area (TPSA) is 95.5 Å². The van der Waals surface area contributed by atoms with Gasteiger partial charge in [0.05, 0.1) is 30.1 Å². The molecule has 0 saturated carbocycles. The molecule has 0 aliphatic heterocycles. The van der Waals surface area contributed by atoms with Crippen LogP contribution in [0.1, 0.15) is 21.8 Å². The van der Waals surface area contributed by atoms with Crippen molar-refractivity contribution < 1.29 is 4.79 Å². The third kappa shape index (κ3) is 4.24. The Kier molecular flexibility index (Phi) is 5.28. The molecule has 0 aliphatic carbocycles. The molecule has 0 bridgehead atoms. The van der Waals surface area contributed by atoms with E-state index in [1.165, 1.54) is 0 Å². The number of nitrogens with zero attached hydrogens (tertiary/aromatic N) is 7. The van der Waals surface area contributed by atoms with E-state index in [0.29, 0.717) is 19.0 Å². The molecule has 1 N–H and O–H groups in total. The van der Waals surface area contributed by atoms with Gasteiger partial charge in [-0.25, -0.2) is 14.6 Å².